The van der Waals surface area contributed by atoms with Crippen LogP contribution >= 0.6 is 11.8 Å². The van der Waals surface area contributed by atoms with Crippen LogP contribution in [0.25, 0.3) is 10.9 Å². The first-order valence-corrected chi connectivity index (χ1v) is 6.56. The van der Waals surface area contributed by atoms with E-state index in [9.17, 15) is 5.21 Å². The van der Waals surface area contributed by atoms with Crippen molar-refractivity contribution < 1.29 is 9.84 Å². The molecule has 0 saturated carbocycles. The van der Waals surface area contributed by atoms with Crippen LogP contribution in [-0.4, -0.2) is 22.5 Å². The molecule has 2 rings (SSSR count). The van der Waals surface area contributed by atoms with E-state index >= 15 is 0 Å². The standard InChI is InChI=1S/C12H14N2O2S/c1-9-10-4-2-3-5-11(10)13-12(14(9)16)8-17-7-6-15/h2-5,15H,6-8H2,1H3. The molecule has 0 aliphatic carbocycles. The third-order valence-electron chi connectivity index (χ3n) is 2.55. The zero-order chi connectivity index (χ0) is 12.3. The molecule has 1 aromatic carbocycles. The van der Waals surface area contributed by atoms with Crippen molar-refractivity contribution in [1.82, 2.24) is 4.98 Å². The van der Waals surface area contributed by atoms with Gasteiger partial charge < -0.3 is 10.3 Å². The normalized spacial score (nSPS) is 10.9. The Morgan fingerprint density at radius 3 is 2.94 bits per heavy atom. The van der Waals surface area contributed by atoms with Crippen molar-refractivity contribution in [2.75, 3.05) is 12.4 Å². The van der Waals surface area contributed by atoms with E-state index in [2.05, 4.69) is 4.98 Å². The number of aryl methyl sites for hydroxylation is 1. The number of benzene rings is 1. The summed E-state index contributed by atoms with van der Waals surface area (Å²) in [7, 11) is 0. The van der Waals surface area contributed by atoms with Gasteiger partial charge in [0.25, 0.3) is 0 Å². The van der Waals surface area contributed by atoms with Crippen LogP contribution in [0.4, 0.5) is 0 Å². The van der Waals surface area contributed by atoms with Gasteiger partial charge in [-0.25, -0.2) is 4.73 Å². The van der Waals surface area contributed by atoms with Gasteiger partial charge in [-0.2, -0.15) is 0 Å². The quantitative estimate of drug-likeness (QED) is 0.506. The lowest BCUT2D eigenvalue weighted by molar-refractivity contribution is -0.621. The van der Waals surface area contributed by atoms with Gasteiger partial charge in [0.1, 0.15) is 5.69 Å². The molecule has 0 aliphatic heterocycles. The van der Waals surface area contributed by atoms with Crippen LogP contribution in [0.1, 0.15) is 11.5 Å². The molecule has 2 aromatic rings. The van der Waals surface area contributed by atoms with E-state index in [1.54, 1.807) is 6.92 Å². The number of rotatable bonds is 4. The zero-order valence-corrected chi connectivity index (χ0v) is 10.4. The van der Waals surface area contributed by atoms with E-state index in [0.717, 1.165) is 15.6 Å². The smallest absolute Gasteiger partial charge is 0.312 e. The van der Waals surface area contributed by atoms with Crippen LogP contribution in [0, 0.1) is 12.1 Å². The first kappa shape index (κ1) is 12.1. The van der Waals surface area contributed by atoms with E-state index in [4.69, 9.17) is 5.11 Å². The minimum Gasteiger partial charge on any atom is -0.711 e. The van der Waals surface area contributed by atoms with E-state index < -0.39 is 0 Å². The van der Waals surface area contributed by atoms with Gasteiger partial charge in [0.2, 0.25) is 0 Å². The lowest BCUT2D eigenvalue weighted by Crippen LogP contribution is -2.36. The molecule has 5 heteroatoms. The molecule has 1 aromatic heterocycles. The van der Waals surface area contributed by atoms with Crippen molar-refractivity contribution in [3.8, 4) is 0 Å². The molecule has 1 heterocycles. The summed E-state index contributed by atoms with van der Waals surface area (Å²) in [6.45, 7) is 1.92. The average molecular weight is 250 g/mol. The third kappa shape index (κ3) is 2.50. The Kier molecular flexibility index (Phi) is 3.81. The maximum Gasteiger partial charge on any atom is 0.312 e. The molecule has 90 valence electrons. The van der Waals surface area contributed by atoms with Gasteiger partial charge in [-0.05, 0) is 24.0 Å². The first-order valence-electron chi connectivity index (χ1n) is 5.40. The number of aromatic nitrogens is 2. The van der Waals surface area contributed by atoms with Gasteiger partial charge in [0, 0.05) is 5.75 Å². The summed E-state index contributed by atoms with van der Waals surface area (Å²) in [5.74, 6) is 1.64. The maximum absolute atomic E-state index is 12.0. The lowest BCUT2D eigenvalue weighted by atomic mass is 10.2. The number of hydrogen-bond donors (Lipinski definition) is 1. The van der Waals surface area contributed by atoms with E-state index in [-0.39, 0.29) is 6.61 Å². The summed E-state index contributed by atoms with van der Waals surface area (Å²) in [4.78, 5) is 4.36. The van der Waals surface area contributed by atoms with Crippen LogP contribution in [-0.2, 0) is 5.75 Å². The molecule has 0 atom stereocenters. The molecule has 0 bridgehead atoms. The molecule has 0 spiro atoms. The number of aliphatic hydroxyl groups is 1. The van der Waals surface area contributed by atoms with Gasteiger partial charge in [0.05, 0.1) is 17.7 Å². The second kappa shape index (κ2) is 5.33. The third-order valence-corrected chi connectivity index (χ3v) is 3.48. The Labute approximate surface area is 104 Å². The van der Waals surface area contributed by atoms with E-state index in [1.165, 1.54) is 11.8 Å². The fraction of sp³-hybridized carbons (Fsp3) is 0.333. The molecule has 0 fully saturated rings. The van der Waals surface area contributed by atoms with E-state index in [1.807, 2.05) is 24.3 Å². The molecule has 1 N–H and O–H groups in total. The summed E-state index contributed by atoms with van der Waals surface area (Å²) >= 11 is 1.50. The van der Waals surface area contributed by atoms with Crippen LogP contribution in [0.5, 0.6) is 0 Å². The summed E-state index contributed by atoms with van der Waals surface area (Å²) in [6, 6.07) is 7.62. The number of fused-ring (bicyclic) bond motifs is 1. The monoisotopic (exact) mass is 250 g/mol. The molecule has 0 radical (unpaired) electrons. The number of nitrogens with zero attached hydrogens (tertiary/aromatic N) is 2. The predicted octanol–water partition coefficient (Wildman–Crippen LogP) is 1.40. The maximum atomic E-state index is 12.0. The fourth-order valence-electron chi connectivity index (χ4n) is 1.68. The van der Waals surface area contributed by atoms with Crippen LogP contribution < -0.4 is 4.73 Å². The molecular formula is C12H14N2O2S. The highest BCUT2D eigenvalue weighted by atomic mass is 32.2. The van der Waals surface area contributed by atoms with Crippen molar-refractivity contribution in [2.45, 2.75) is 12.7 Å². The van der Waals surface area contributed by atoms with Crippen LogP contribution in [0.3, 0.4) is 0 Å². The minimum atomic E-state index is 0.121. The summed E-state index contributed by atoms with van der Waals surface area (Å²) in [5.41, 5.74) is 1.52. The predicted molar refractivity (Wildman–Crippen MR) is 68.7 cm³/mol. The Bertz CT molecular complexity index is 531. The van der Waals surface area contributed by atoms with Crippen molar-refractivity contribution in [3.63, 3.8) is 0 Å². The second-order valence-corrected chi connectivity index (χ2v) is 4.81. The minimum absolute atomic E-state index is 0.121. The van der Waals surface area contributed by atoms with Gasteiger partial charge in [-0.15, -0.1) is 11.8 Å². The number of para-hydroxylation sites is 1. The highest BCUT2D eigenvalue weighted by molar-refractivity contribution is 7.98. The number of thioether (sulfide) groups is 1. The Balaban J connectivity index is 2.39. The van der Waals surface area contributed by atoms with Crippen molar-refractivity contribution in [3.05, 3.63) is 41.0 Å². The van der Waals surface area contributed by atoms with Gasteiger partial charge in [-0.3, -0.25) is 0 Å². The Hall–Kier alpha value is -1.33. The molecule has 4 nitrogen and oxygen atoms in total. The molecule has 0 aliphatic rings. The Morgan fingerprint density at radius 1 is 1.41 bits per heavy atom. The molecule has 0 unspecified atom stereocenters. The lowest BCUT2D eigenvalue weighted by Gasteiger charge is -2.10. The van der Waals surface area contributed by atoms with Crippen molar-refractivity contribution in [1.29, 1.82) is 0 Å². The molecule has 17 heavy (non-hydrogen) atoms. The van der Waals surface area contributed by atoms with Crippen molar-refractivity contribution in [2.24, 2.45) is 0 Å². The highest BCUT2D eigenvalue weighted by Gasteiger charge is 2.14. The van der Waals surface area contributed by atoms with Crippen LogP contribution in [0.15, 0.2) is 24.3 Å². The second-order valence-electron chi connectivity index (χ2n) is 3.70. The SMILES string of the molecule is Cc1c2ccccc2nc(CSCCO)[n+]1[O-]. The van der Waals surface area contributed by atoms with Gasteiger partial charge >= 0.3 is 5.82 Å². The van der Waals surface area contributed by atoms with Crippen LogP contribution in [0.2, 0.25) is 0 Å². The number of hydrogen-bond acceptors (Lipinski definition) is 4. The fourth-order valence-corrected chi connectivity index (χ4v) is 2.32. The summed E-state index contributed by atoms with van der Waals surface area (Å²) in [5, 5.41) is 21.6. The van der Waals surface area contributed by atoms with Gasteiger partial charge in [0.15, 0.2) is 5.52 Å². The van der Waals surface area contributed by atoms with Gasteiger partial charge in [-0.1, -0.05) is 12.1 Å². The average Bonchev–Trinajstić information content (AvgIpc) is 2.35. The molecule has 0 saturated heterocycles. The summed E-state index contributed by atoms with van der Waals surface area (Å²) in [6.07, 6.45) is 0. The number of aliphatic hydroxyl groups excluding tert-OH is 1. The first-order chi connectivity index (χ1) is 8.24. The Morgan fingerprint density at radius 2 is 2.18 bits per heavy atom. The topological polar surface area (TPSA) is 60.1 Å². The largest absolute Gasteiger partial charge is 0.711 e. The zero-order valence-electron chi connectivity index (χ0n) is 9.59. The summed E-state index contributed by atoms with van der Waals surface area (Å²) < 4.78 is 0.882. The van der Waals surface area contributed by atoms with Crippen molar-refractivity contribution >= 4 is 22.7 Å². The molecular weight excluding hydrogens is 236 g/mol. The molecule has 0 amide bonds. The highest BCUT2D eigenvalue weighted by Crippen LogP contribution is 2.15. The van der Waals surface area contributed by atoms with E-state index in [0.29, 0.717) is 23.0 Å².